The summed E-state index contributed by atoms with van der Waals surface area (Å²) in [5.74, 6) is 0. The van der Waals surface area contributed by atoms with Crippen LogP contribution in [0.5, 0.6) is 0 Å². The third kappa shape index (κ3) is 6.06. The van der Waals surface area contributed by atoms with Crippen molar-refractivity contribution < 1.29 is 4.74 Å². The van der Waals surface area contributed by atoms with Crippen molar-refractivity contribution >= 4 is 11.6 Å². The lowest BCUT2D eigenvalue weighted by molar-refractivity contribution is 0.131. The van der Waals surface area contributed by atoms with Gasteiger partial charge in [-0.25, -0.2) is 0 Å². The summed E-state index contributed by atoms with van der Waals surface area (Å²) in [7, 11) is 0. The Morgan fingerprint density at radius 2 is 2.18 bits per heavy atom. The molecule has 3 heteroatoms. The number of halogens is 1. The molecule has 0 radical (unpaired) electrons. The summed E-state index contributed by atoms with van der Waals surface area (Å²) in [4.78, 5) is 0. The third-order valence-electron chi connectivity index (χ3n) is 2.69. The standard InChI is InChI=1S/C14H22ClNO/c1-3-4-9-17-10-8-16-12(2)13-6-5-7-14(15)11-13/h5-7,11-12,16H,3-4,8-10H2,1-2H3/t12-/m1/s1. The molecule has 0 saturated heterocycles. The summed E-state index contributed by atoms with van der Waals surface area (Å²) >= 11 is 5.95. The predicted molar refractivity (Wildman–Crippen MR) is 73.6 cm³/mol. The van der Waals surface area contributed by atoms with Crippen molar-refractivity contribution in [2.75, 3.05) is 19.8 Å². The molecule has 0 unspecified atom stereocenters. The molecule has 1 aromatic rings. The molecule has 0 aliphatic heterocycles. The van der Waals surface area contributed by atoms with E-state index in [4.69, 9.17) is 16.3 Å². The fourth-order valence-electron chi connectivity index (χ4n) is 1.59. The molecule has 1 N–H and O–H groups in total. The summed E-state index contributed by atoms with van der Waals surface area (Å²) in [6, 6.07) is 8.27. The van der Waals surface area contributed by atoms with Gasteiger partial charge in [0, 0.05) is 24.2 Å². The van der Waals surface area contributed by atoms with E-state index >= 15 is 0 Å². The molecule has 17 heavy (non-hydrogen) atoms. The van der Waals surface area contributed by atoms with Gasteiger partial charge in [-0.15, -0.1) is 0 Å². The van der Waals surface area contributed by atoms with Gasteiger partial charge in [-0.2, -0.15) is 0 Å². The van der Waals surface area contributed by atoms with E-state index in [1.165, 1.54) is 12.0 Å². The molecule has 1 atom stereocenters. The van der Waals surface area contributed by atoms with Crippen LogP contribution in [0.3, 0.4) is 0 Å². The average molecular weight is 256 g/mol. The molecule has 0 aliphatic rings. The van der Waals surface area contributed by atoms with Crippen molar-refractivity contribution in [1.82, 2.24) is 5.32 Å². The highest BCUT2D eigenvalue weighted by molar-refractivity contribution is 6.30. The van der Waals surface area contributed by atoms with Crippen LogP contribution in [0.4, 0.5) is 0 Å². The van der Waals surface area contributed by atoms with Crippen LogP contribution in [0.1, 0.15) is 38.3 Å². The molecule has 0 spiro atoms. The molecule has 1 rings (SSSR count). The highest BCUT2D eigenvalue weighted by Crippen LogP contribution is 2.16. The average Bonchev–Trinajstić information content (AvgIpc) is 2.33. The van der Waals surface area contributed by atoms with Crippen LogP contribution >= 0.6 is 11.6 Å². The highest BCUT2D eigenvalue weighted by Gasteiger charge is 2.04. The lowest BCUT2D eigenvalue weighted by atomic mass is 10.1. The largest absolute Gasteiger partial charge is 0.380 e. The quantitative estimate of drug-likeness (QED) is 0.714. The molecule has 0 aliphatic carbocycles. The Morgan fingerprint density at radius 3 is 2.88 bits per heavy atom. The minimum atomic E-state index is 0.309. The second-order valence-corrected chi connectivity index (χ2v) is 4.63. The van der Waals surface area contributed by atoms with Gasteiger partial charge < -0.3 is 10.1 Å². The van der Waals surface area contributed by atoms with Gasteiger partial charge in [0.25, 0.3) is 0 Å². The summed E-state index contributed by atoms with van der Waals surface area (Å²) in [5, 5.41) is 4.21. The fourth-order valence-corrected chi connectivity index (χ4v) is 1.79. The van der Waals surface area contributed by atoms with Gasteiger partial charge in [0.2, 0.25) is 0 Å². The molecular weight excluding hydrogens is 234 g/mol. The van der Waals surface area contributed by atoms with Crippen molar-refractivity contribution in [3.63, 3.8) is 0 Å². The highest BCUT2D eigenvalue weighted by atomic mass is 35.5. The maximum atomic E-state index is 5.95. The number of hydrogen-bond donors (Lipinski definition) is 1. The van der Waals surface area contributed by atoms with Gasteiger partial charge in [-0.3, -0.25) is 0 Å². The van der Waals surface area contributed by atoms with Crippen molar-refractivity contribution in [1.29, 1.82) is 0 Å². The normalized spacial score (nSPS) is 12.6. The Kier molecular flexibility index (Phi) is 7.25. The Morgan fingerprint density at radius 1 is 1.35 bits per heavy atom. The lowest BCUT2D eigenvalue weighted by Crippen LogP contribution is -2.23. The van der Waals surface area contributed by atoms with Crippen molar-refractivity contribution in [2.24, 2.45) is 0 Å². The Hall–Kier alpha value is -0.570. The molecular formula is C14H22ClNO. The number of nitrogens with one attached hydrogen (secondary N) is 1. The molecule has 0 saturated carbocycles. The first-order valence-corrected chi connectivity index (χ1v) is 6.68. The molecule has 96 valence electrons. The maximum absolute atomic E-state index is 5.95. The monoisotopic (exact) mass is 255 g/mol. The summed E-state index contributed by atoms with van der Waals surface area (Å²) in [5.41, 5.74) is 1.21. The molecule has 0 heterocycles. The Balaban J connectivity index is 2.19. The first kappa shape index (κ1) is 14.5. The molecule has 0 aromatic heterocycles. The number of ether oxygens (including phenoxy) is 1. The van der Waals surface area contributed by atoms with Gasteiger partial charge >= 0.3 is 0 Å². The Bertz CT molecular complexity index is 317. The summed E-state index contributed by atoms with van der Waals surface area (Å²) in [6.07, 6.45) is 2.33. The van der Waals surface area contributed by atoms with E-state index in [1.54, 1.807) is 0 Å². The first-order chi connectivity index (χ1) is 8.24. The summed E-state index contributed by atoms with van der Waals surface area (Å²) < 4.78 is 5.50. The van der Waals surface area contributed by atoms with Crippen molar-refractivity contribution in [3.05, 3.63) is 34.9 Å². The van der Waals surface area contributed by atoms with E-state index in [1.807, 2.05) is 18.2 Å². The van der Waals surface area contributed by atoms with E-state index < -0.39 is 0 Å². The van der Waals surface area contributed by atoms with E-state index in [0.29, 0.717) is 6.04 Å². The fraction of sp³-hybridized carbons (Fsp3) is 0.571. The minimum absolute atomic E-state index is 0.309. The van der Waals surface area contributed by atoms with Gasteiger partial charge in [0.05, 0.1) is 6.61 Å². The zero-order valence-corrected chi connectivity index (χ0v) is 11.5. The summed E-state index contributed by atoms with van der Waals surface area (Å²) in [6.45, 7) is 6.81. The smallest absolute Gasteiger partial charge is 0.0591 e. The van der Waals surface area contributed by atoms with Crippen LogP contribution < -0.4 is 5.32 Å². The number of rotatable bonds is 8. The van der Waals surface area contributed by atoms with Crippen molar-refractivity contribution in [2.45, 2.75) is 32.7 Å². The Labute approximate surface area is 109 Å². The SMILES string of the molecule is CCCCOCCN[C@H](C)c1cccc(Cl)c1. The zero-order valence-electron chi connectivity index (χ0n) is 10.7. The molecule has 0 bridgehead atoms. The molecule has 2 nitrogen and oxygen atoms in total. The lowest BCUT2D eigenvalue weighted by Gasteiger charge is -2.14. The van der Waals surface area contributed by atoms with Gasteiger partial charge in [0.1, 0.15) is 0 Å². The number of benzene rings is 1. The van der Waals surface area contributed by atoms with Gasteiger partial charge in [-0.1, -0.05) is 37.1 Å². The van der Waals surface area contributed by atoms with E-state index in [9.17, 15) is 0 Å². The van der Waals surface area contributed by atoms with E-state index in [0.717, 1.165) is 31.2 Å². The zero-order chi connectivity index (χ0) is 12.5. The van der Waals surface area contributed by atoms with Gasteiger partial charge in [-0.05, 0) is 31.0 Å². The van der Waals surface area contributed by atoms with E-state index in [-0.39, 0.29) is 0 Å². The second kappa shape index (κ2) is 8.51. The number of hydrogen-bond acceptors (Lipinski definition) is 2. The molecule has 1 aromatic carbocycles. The van der Waals surface area contributed by atoms with Gasteiger partial charge in [0.15, 0.2) is 0 Å². The molecule has 0 fully saturated rings. The van der Waals surface area contributed by atoms with Crippen LogP contribution in [0.25, 0.3) is 0 Å². The minimum Gasteiger partial charge on any atom is -0.380 e. The van der Waals surface area contributed by atoms with Crippen LogP contribution in [0.15, 0.2) is 24.3 Å². The number of unbranched alkanes of at least 4 members (excludes halogenated alkanes) is 1. The van der Waals surface area contributed by atoms with Crippen molar-refractivity contribution in [3.8, 4) is 0 Å². The van der Waals surface area contributed by atoms with Crippen LogP contribution in [0, 0.1) is 0 Å². The molecule has 0 amide bonds. The maximum Gasteiger partial charge on any atom is 0.0591 e. The van der Waals surface area contributed by atoms with E-state index in [2.05, 4.69) is 25.2 Å². The van der Waals surface area contributed by atoms with Crippen LogP contribution in [0.2, 0.25) is 5.02 Å². The predicted octanol–water partition coefficient (Wildman–Crippen LogP) is 3.81. The second-order valence-electron chi connectivity index (χ2n) is 4.20. The topological polar surface area (TPSA) is 21.3 Å². The first-order valence-electron chi connectivity index (χ1n) is 6.30. The third-order valence-corrected chi connectivity index (χ3v) is 2.92. The van der Waals surface area contributed by atoms with Crippen LogP contribution in [-0.4, -0.2) is 19.8 Å². The van der Waals surface area contributed by atoms with Crippen LogP contribution in [-0.2, 0) is 4.74 Å².